The van der Waals surface area contributed by atoms with Crippen molar-refractivity contribution in [3.8, 4) is 11.4 Å². The summed E-state index contributed by atoms with van der Waals surface area (Å²) in [7, 11) is 0. The van der Waals surface area contributed by atoms with Crippen LogP contribution < -0.4 is 0 Å². The Hall–Kier alpha value is -2.21. The zero-order valence-electron chi connectivity index (χ0n) is 16.8. The fourth-order valence-electron chi connectivity index (χ4n) is 4.28. The summed E-state index contributed by atoms with van der Waals surface area (Å²) in [4.78, 5) is 21.9. The highest BCUT2D eigenvalue weighted by Gasteiger charge is 2.30. The monoisotopic (exact) mass is 382 g/mol. The minimum Gasteiger partial charge on any atom is -0.342 e. The molecule has 6 nitrogen and oxygen atoms in total. The molecule has 6 heteroatoms. The van der Waals surface area contributed by atoms with Gasteiger partial charge in [0.2, 0.25) is 17.6 Å². The standard InChI is InChI=1S/C22H30N4O2/c1-17-8-10-18(11-9-17)21-23-20(28-24-21)16-25-12-6-7-19(15-25)22(27)26-13-4-2-3-5-14-26/h8-11,19H,2-7,12-16H2,1H3. The lowest BCUT2D eigenvalue weighted by Crippen LogP contribution is -2.44. The van der Waals surface area contributed by atoms with Crippen LogP contribution in [0.1, 0.15) is 50.0 Å². The summed E-state index contributed by atoms with van der Waals surface area (Å²) in [5.41, 5.74) is 2.18. The van der Waals surface area contributed by atoms with Crippen LogP contribution in [0.3, 0.4) is 0 Å². The number of carbonyl (C=O) groups is 1. The molecule has 2 fully saturated rings. The van der Waals surface area contributed by atoms with Gasteiger partial charge in [0.1, 0.15) is 0 Å². The van der Waals surface area contributed by atoms with Crippen LogP contribution in [-0.2, 0) is 11.3 Å². The van der Waals surface area contributed by atoms with E-state index >= 15 is 0 Å². The van der Waals surface area contributed by atoms with Gasteiger partial charge in [0.05, 0.1) is 12.5 Å². The summed E-state index contributed by atoms with van der Waals surface area (Å²) in [5.74, 6) is 1.70. The predicted octanol–water partition coefficient (Wildman–Crippen LogP) is 3.66. The van der Waals surface area contributed by atoms with E-state index < -0.39 is 0 Å². The highest BCUT2D eigenvalue weighted by molar-refractivity contribution is 5.79. The molecule has 1 amide bonds. The number of piperidine rings is 1. The van der Waals surface area contributed by atoms with Gasteiger partial charge < -0.3 is 9.42 Å². The first kappa shape index (κ1) is 19.1. The van der Waals surface area contributed by atoms with Gasteiger partial charge in [0.25, 0.3) is 0 Å². The summed E-state index contributed by atoms with van der Waals surface area (Å²) in [6.45, 7) is 6.30. The number of nitrogens with zero attached hydrogens (tertiary/aromatic N) is 4. The van der Waals surface area contributed by atoms with Crippen LogP contribution in [0.25, 0.3) is 11.4 Å². The molecule has 0 saturated carbocycles. The van der Waals surface area contributed by atoms with Crippen LogP contribution in [0.4, 0.5) is 0 Å². The minimum absolute atomic E-state index is 0.103. The van der Waals surface area contributed by atoms with Gasteiger partial charge in [-0.1, -0.05) is 47.8 Å². The van der Waals surface area contributed by atoms with Gasteiger partial charge in [-0.2, -0.15) is 4.98 Å². The molecule has 1 aromatic heterocycles. The van der Waals surface area contributed by atoms with Crippen molar-refractivity contribution >= 4 is 5.91 Å². The van der Waals surface area contributed by atoms with Crippen LogP contribution in [0.15, 0.2) is 28.8 Å². The predicted molar refractivity (Wildman–Crippen MR) is 108 cm³/mol. The van der Waals surface area contributed by atoms with Crippen LogP contribution in [0, 0.1) is 12.8 Å². The van der Waals surface area contributed by atoms with Gasteiger partial charge in [-0.25, -0.2) is 0 Å². The Kier molecular flexibility index (Phi) is 6.05. The van der Waals surface area contributed by atoms with Crippen molar-refractivity contribution in [1.82, 2.24) is 19.9 Å². The number of aromatic nitrogens is 2. The van der Waals surface area contributed by atoms with E-state index in [0.29, 0.717) is 24.2 Å². The molecule has 1 atom stereocenters. The second-order valence-electron chi connectivity index (χ2n) is 8.19. The number of amides is 1. The number of carbonyl (C=O) groups excluding carboxylic acids is 1. The zero-order chi connectivity index (χ0) is 19.3. The Balaban J connectivity index is 1.36. The van der Waals surface area contributed by atoms with Gasteiger partial charge in [-0.15, -0.1) is 0 Å². The lowest BCUT2D eigenvalue weighted by Gasteiger charge is -2.34. The molecule has 2 saturated heterocycles. The van der Waals surface area contributed by atoms with Crippen LogP contribution >= 0.6 is 0 Å². The molecular formula is C22H30N4O2. The molecule has 0 spiro atoms. The Morgan fingerprint density at radius 1 is 1.07 bits per heavy atom. The average Bonchev–Trinajstić information content (AvgIpc) is 3.00. The third-order valence-corrected chi connectivity index (χ3v) is 5.91. The fraction of sp³-hybridized carbons (Fsp3) is 0.591. The summed E-state index contributed by atoms with van der Waals surface area (Å²) in [6, 6.07) is 8.13. The molecule has 2 aromatic rings. The highest BCUT2D eigenvalue weighted by atomic mass is 16.5. The van der Waals surface area contributed by atoms with Gasteiger partial charge in [0, 0.05) is 25.2 Å². The second-order valence-corrected chi connectivity index (χ2v) is 8.19. The summed E-state index contributed by atoms with van der Waals surface area (Å²) in [6.07, 6.45) is 6.83. The van der Waals surface area contributed by atoms with Gasteiger partial charge in [-0.05, 0) is 39.2 Å². The van der Waals surface area contributed by atoms with Crippen molar-refractivity contribution in [1.29, 1.82) is 0 Å². The second kappa shape index (κ2) is 8.86. The number of likely N-dealkylation sites (tertiary alicyclic amines) is 2. The van der Waals surface area contributed by atoms with E-state index in [0.717, 1.165) is 57.4 Å². The molecule has 0 bridgehead atoms. The summed E-state index contributed by atoms with van der Waals surface area (Å²) >= 11 is 0. The van der Waals surface area contributed by atoms with E-state index in [2.05, 4.69) is 39.0 Å². The van der Waals surface area contributed by atoms with Crippen molar-refractivity contribution in [3.05, 3.63) is 35.7 Å². The van der Waals surface area contributed by atoms with E-state index in [4.69, 9.17) is 4.52 Å². The zero-order valence-corrected chi connectivity index (χ0v) is 16.8. The van der Waals surface area contributed by atoms with Crippen molar-refractivity contribution < 1.29 is 9.32 Å². The normalized spacial score (nSPS) is 21.5. The Labute approximate surface area is 166 Å². The number of hydrogen-bond donors (Lipinski definition) is 0. The Bertz CT molecular complexity index is 778. The van der Waals surface area contributed by atoms with Crippen molar-refractivity contribution in [2.24, 2.45) is 5.92 Å². The van der Waals surface area contributed by atoms with E-state index in [-0.39, 0.29) is 5.92 Å². The molecule has 4 rings (SSSR count). The number of rotatable bonds is 4. The quantitative estimate of drug-likeness (QED) is 0.807. The molecular weight excluding hydrogens is 352 g/mol. The first-order valence-electron chi connectivity index (χ1n) is 10.6. The maximum Gasteiger partial charge on any atom is 0.241 e. The Morgan fingerprint density at radius 3 is 2.57 bits per heavy atom. The third kappa shape index (κ3) is 4.61. The molecule has 28 heavy (non-hydrogen) atoms. The van der Waals surface area contributed by atoms with E-state index in [9.17, 15) is 4.79 Å². The van der Waals surface area contributed by atoms with Crippen molar-refractivity contribution in [2.45, 2.75) is 52.0 Å². The fourth-order valence-corrected chi connectivity index (χ4v) is 4.28. The number of hydrogen-bond acceptors (Lipinski definition) is 5. The topological polar surface area (TPSA) is 62.5 Å². The van der Waals surface area contributed by atoms with Crippen LogP contribution in [0.5, 0.6) is 0 Å². The lowest BCUT2D eigenvalue weighted by molar-refractivity contribution is -0.137. The van der Waals surface area contributed by atoms with E-state index in [1.165, 1.54) is 18.4 Å². The SMILES string of the molecule is Cc1ccc(-c2noc(CN3CCCC(C(=O)N4CCCCCC4)C3)n2)cc1. The van der Waals surface area contributed by atoms with Crippen LogP contribution in [-0.4, -0.2) is 52.0 Å². The van der Waals surface area contributed by atoms with Gasteiger partial charge >= 0.3 is 0 Å². The molecule has 0 radical (unpaired) electrons. The highest BCUT2D eigenvalue weighted by Crippen LogP contribution is 2.23. The first-order chi connectivity index (χ1) is 13.7. The first-order valence-corrected chi connectivity index (χ1v) is 10.6. The van der Waals surface area contributed by atoms with Crippen molar-refractivity contribution in [2.75, 3.05) is 26.2 Å². The smallest absolute Gasteiger partial charge is 0.241 e. The van der Waals surface area contributed by atoms with Gasteiger partial charge in [0.15, 0.2) is 0 Å². The lowest BCUT2D eigenvalue weighted by atomic mass is 9.96. The summed E-state index contributed by atoms with van der Waals surface area (Å²) in [5, 5.41) is 4.13. The van der Waals surface area contributed by atoms with Gasteiger partial charge in [-0.3, -0.25) is 9.69 Å². The molecule has 3 heterocycles. The molecule has 1 unspecified atom stereocenters. The molecule has 2 aliphatic heterocycles. The summed E-state index contributed by atoms with van der Waals surface area (Å²) < 4.78 is 5.48. The molecule has 0 aliphatic carbocycles. The molecule has 1 aromatic carbocycles. The molecule has 150 valence electrons. The minimum atomic E-state index is 0.103. The maximum atomic E-state index is 13.0. The maximum absolute atomic E-state index is 13.0. The third-order valence-electron chi connectivity index (χ3n) is 5.91. The average molecular weight is 383 g/mol. The van der Waals surface area contributed by atoms with E-state index in [1.807, 2.05) is 12.1 Å². The number of aryl methyl sites for hydroxylation is 1. The van der Waals surface area contributed by atoms with Crippen LogP contribution in [0.2, 0.25) is 0 Å². The Morgan fingerprint density at radius 2 is 1.82 bits per heavy atom. The number of benzene rings is 1. The van der Waals surface area contributed by atoms with Crippen molar-refractivity contribution in [3.63, 3.8) is 0 Å². The molecule has 0 N–H and O–H groups in total. The van der Waals surface area contributed by atoms with E-state index in [1.54, 1.807) is 0 Å². The largest absolute Gasteiger partial charge is 0.342 e. The molecule has 2 aliphatic rings.